The van der Waals surface area contributed by atoms with Gasteiger partial charge in [-0.2, -0.15) is 12.6 Å². The fourth-order valence-corrected chi connectivity index (χ4v) is 1.89. The summed E-state index contributed by atoms with van der Waals surface area (Å²) in [6.45, 7) is 4.52. The van der Waals surface area contributed by atoms with Crippen molar-refractivity contribution < 1.29 is 24.3 Å². The number of carboxylic acid groups (broad SMARTS) is 1. The molecule has 0 saturated carbocycles. The van der Waals surface area contributed by atoms with Crippen LogP contribution in [0.3, 0.4) is 0 Å². The maximum Gasteiger partial charge on any atom is 0.322 e. The first kappa shape index (κ1) is 22.2. The van der Waals surface area contributed by atoms with Crippen LogP contribution in [0.4, 0.5) is 0 Å². The summed E-state index contributed by atoms with van der Waals surface area (Å²) in [5, 5.41) is 15.8. The van der Waals surface area contributed by atoms with Crippen molar-refractivity contribution in [1.29, 1.82) is 0 Å². The molecular weight excluding hydrogens is 336 g/mol. The van der Waals surface area contributed by atoms with Gasteiger partial charge in [0.05, 0.1) is 6.04 Å². The van der Waals surface area contributed by atoms with Crippen LogP contribution in [-0.2, 0) is 19.2 Å². The van der Waals surface area contributed by atoms with E-state index in [9.17, 15) is 19.2 Å². The van der Waals surface area contributed by atoms with Crippen molar-refractivity contribution in [3.8, 4) is 0 Å². The molecule has 0 bridgehead atoms. The average molecular weight is 362 g/mol. The highest BCUT2D eigenvalue weighted by Gasteiger charge is 2.28. The van der Waals surface area contributed by atoms with Gasteiger partial charge in [0, 0.05) is 5.75 Å². The number of carbonyl (C=O) groups is 4. The summed E-state index contributed by atoms with van der Waals surface area (Å²) in [6, 6.07) is -2.64. The minimum atomic E-state index is -1.18. The van der Waals surface area contributed by atoms with Crippen LogP contribution in [0.25, 0.3) is 0 Å². The van der Waals surface area contributed by atoms with E-state index < -0.39 is 48.4 Å². The zero-order valence-electron chi connectivity index (χ0n) is 14.0. The van der Waals surface area contributed by atoms with Crippen molar-refractivity contribution in [3.63, 3.8) is 0 Å². The summed E-state index contributed by atoms with van der Waals surface area (Å²) < 4.78 is 0. The average Bonchev–Trinajstić information content (AvgIpc) is 2.55. The van der Waals surface area contributed by atoms with Gasteiger partial charge in [-0.3, -0.25) is 19.2 Å². The van der Waals surface area contributed by atoms with Gasteiger partial charge in [-0.15, -0.1) is 0 Å². The van der Waals surface area contributed by atoms with Gasteiger partial charge < -0.3 is 26.8 Å². The Labute approximate surface area is 146 Å². The predicted octanol–water partition coefficient (Wildman–Crippen LogP) is -1.52. The molecule has 138 valence electrons. The van der Waals surface area contributed by atoms with Crippen LogP contribution in [0.15, 0.2) is 0 Å². The highest BCUT2D eigenvalue weighted by atomic mass is 32.1. The zero-order valence-corrected chi connectivity index (χ0v) is 14.9. The Morgan fingerprint density at radius 2 is 1.67 bits per heavy atom. The third-order valence-corrected chi connectivity index (χ3v) is 3.89. The van der Waals surface area contributed by atoms with Crippen molar-refractivity contribution in [2.75, 3.05) is 12.3 Å². The molecule has 0 aliphatic heterocycles. The van der Waals surface area contributed by atoms with Gasteiger partial charge in [0.2, 0.25) is 17.7 Å². The predicted molar refractivity (Wildman–Crippen MR) is 91.5 cm³/mol. The largest absolute Gasteiger partial charge is 0.480 e. The van der Waals surface area contributed by atoms with E-state index in [-0.39, 0.29) is 11.7 Å². The number of hydrogen-bond donors (Lipinski definition) is 6. The Balaban J connectivity index is 4.83. The van der Waals surface area contributed by atoms with Crippen LogP contribution < -0.4 is 21.7 Å². The van der Waals surface area contributed by atoms with Gasteiger partial charge in [0.1, 0.15) is 18.6 Å². The molecule has 4 unspecified atom stereocenters. The Morgan fingerprint density at radius 3 is 2.12 bits per heavy atom. The molecule has 0 aliphatic carbocycles. The van der Waals surface area contributed by atoms with Crippen molar-refractivity contribution in [2.45, 2.75) is 45.3 Å². The second kappa shape index (κ2) is 10.9. The summed E-state index contributed by atoms with van der Waals surface area (Å²) in [7, 11) is 0. The first-order valence-corrected chi connectivity index (χ1v) is 8.23. The number of nitrogens with two attached hydrogens (primary N) is 1. The molecule has 0 spiro atoms. The molecule has 4 atom stereocenters. The lowest BCUT2D eigenvalue weighted by Gasteiger charge is -2.25. The minimum absolute atomic E-state index is 0.132. The second-order valence-corrected chi connectivity index (χ2v) is 5.87. The van der Waals surface area contributed by atoms with Gasteiger partial charge >= 0.3 is 5.97 Å². The van der Waals surface area contributed by atoms with Crippen molar-refractivity contribution in [1.82, 2.24) is 16.0 Å². The second-order valence-electron chi connectivity index (χ2n) is 5.50. The smallest absolute Gasteiger partial charge is 0.322 e. The summed E-state index contributed by atoms with van der Waals surface area (Å²) in [4.78, 5) is 46.5. The maximum absolute atomic E-state index is 12.2. The lowest BCUT2D eigenvalue weighted by atomic mass is 9.98. The third-order valence-electron chi connectivity index (χ3n) is 3.49. The van der Waals surface area contributed by atoms with Gasteiger partial charge in [-0.1, -0.05) is 20.3 Å². The van der Waals surface area contributed by atoms with Crippen molar-refractivity contribution in [3.05, 3.63) is 0 Å². The quantitative estimate of drug-likeness (QED) is 0.260. The van der Waals surface area contributed by atoms with Crippen LogP contribution in [0, 0.1) is 5.92 Å². The topological polar surface area (TPSA) is 151 Å². The highest BCUT2D eigenvalue weighted by molar-refractivity contribution is 7.80. The molecule has 3 amide bonds. The molecule has 0 saturated heterocycles. The summed E-state index contributed by atoms with van der Waals surface area (Å²) in [5.74, 6) is -2.95. The number of carboxylic acids is 1. The number of aliphatic carboxylic acids is 1. The Morgan fingerprint density at radius 1 is 1.08 bits per heavy atom. The van der Waals surface area contributed by atoms with Crippen LogP contribution in [0.2, 0.25) is 0 Å². The Hall–Kier alpha value is -1.81. The molecule has 9 nitrogen and oxygen atoms in total. The SMILES string of the molecule is CCC(C)C(NC(=O)C(C)NC(=O)C(N)CS)C(=O)NCC(=O)O. The third kappa shape index (κ3) is 7.64. The standard InChI is InChI=1S/C14H26N4O5S/c1-4-7(2)11(14(23)16-5-10(19)20)18-12(21)8(3)17-13(22)9(15)6-24/h7-9,11,24H,4-6,15H2,1-3H3,(H,16,23)(H,17,22)(H,18,21)(H,19,20). The van der Waals surface area contributed by atoms with E-state index in [4.69, 9.17) is 10.8 Å². The molecule has 0 heterocycles. The van der Waals surface area contributed by atoms with Gasteiger partial charge in [0.15, 0.2) is 0 Å². The molecule has 10 heteroatoms. The number of amides is 3. The number of hydrogen-bond acceptors (Lipinski definition) is 6. The fraction of sp³-hybridized carbons (Fsp3) is 0.714. The summed E-state index contributed by atoms with van der Waals surface area (Å²) >= 11 is 3.90. The molecule has 0 rings (SSSR count). The Kier molecular flexibility index (Phi) is 10.0. The maximum atomic E-state index is 12.2. The van der Waals surface area contributed by atoms with Gasteiger partial charge in [-0.05, 0) is 12.8 Å². The van der Waals surface area contributed by atoms with E-state index in [1.807, 2.05) is 6.92 Å². The minimum Gasteiger partial charge on any atom is -0.480 e. The van der Waals surface area contributed by atoms with Crippen LogP contribution in [0.5, 0.6) is 0 Å². The number of thiol groups is 1. The molecule has 0 radical (unpaired) electrons. The zero-order chi connectivity index (χ0) is 18.9. The van der Waals surface area contributed by atoms with E-state index in [1.165, 1.54) is 6.92 Å². The van der Waals surface area contributed by atoms with Crippen LogP contribution >= 0.6 is 12.6 Å². The lowest BCUT2D eigenvalue weighted by Crippen LogP contribution is -2.56. The van der Waals surface area contributed by atoms with Gasteiger partial charge in [-0.25, -0.2) is 0 Å². The Bertz CT molecular complexity index is 474. The van der Waals surface area contributed by atoms with E-state index in [0.717, 1.165) is 0 Å². The number of rotatable bonds is 10. The molecule has 0 fully saturated rings. The van der Waals surface area contributed by atoms with Gasteiger partial charge in [0.25, 0.3) is 0 Å². The number of carbonyl (C=O) groups excluding carboxylic acids is 3. The van der Waals surface area contributed by atoms with E-state index in [0.29, 0.717) is 6.42 Å². The monoisotopic (exact) mass is 362 g/mol. The summed E-state index contributed by atoms with van der Waals surface area (Å²) in [6.07, 6.45) is 0.594. The molecule has 24 heavy (non-hydrogen) atoms. The molecule has 0 aromatic rings. The van der Waals surface area contributed by atoms with E-state index in [1.54, 1.807) is 6.92 Å². The fourth-order valence-electron chi connectivity index (χ4n) is 1.72. The normalized spacial score (nSPS) is 15.5. The van der Waals surface area contributed by atoms with E-state index in [2.05, 4.69) is 28.6 Å². The van der Waals surface area contributed by atoms with E-state index >= 15 is 0 Å². The molecule has 0 aromatic heterocycles. The van der Waals surface area contributed by atoms with Crippen molar-refractivity contribution >= 4 is 36.3 Å². The molecule has 6 N–H and O–H groups in total. The summed E-state index contributed by atoms with van der Waals surface area (Å²) in [5.41, 5.74) is 5.51. The molecule has 0 aliphatic rings. The lowest BCUT2D eigenvalue weighted by molar-refractivity contribution is -0.139. The first-order chi connectivity index (χ1) is 11.1. The van der Waals surface area contributed by atoms with Crippen LogP contribution in [0.1, 0.15) is 27.2 Å². The van der Waals surface area contributed by atoms with Crippen LogP contribution in [-0.4, -0.2) is 59.2 Å². The first-order valence-electron chi connectivity index (χ1n) is 7.60. The number of nitrogens with one attached hydrogen (secondary N) is 3. The molecular formula is C14H26N4O5S. The highest BCUT2D eigenvalue weighted by Crippen LogP contribution is 2.08. The van der Waals surface area contributed by atoms with Crippen molar-refractivity contribution in [2.24, 2.45) is 11.7 Å². The molecule has 0 aromatic carbocycles.